The first kappa shape index (κ1) is 20.9. The Balaban J connectivity index is 2.06. The quantitative estimate of drug-likeness (QED) is 0.524. The Bertz CT molecular complexity index is 850. The number of alkyl halides is 2. The molecule has 0 spiro atoms. The fraction of sp³-hybridized carbons (Fsp3) is 0.200. The Morgan fingerprint density at radius 3 is 2.43 bits per heavy atom. The molecule has 0 saturated heterocycles. The summed E-state index contributed by atoms with van der Waals surface area (Å²) in [6, 6.07) is 10.4. The van der Waals surface area contributed by atoms with Gasteiger partial charge >= 0.3 is 6.61 Å². The number of methoxy groups -OCH3 is 1. The molecule has 1 amide bonds. The number of allylic oxidation sites excluding steroid dienone is 1. The average molecular weight is 391 g/mol. The Hall–Kier alpha value is -3.42. The maximum atomic E-state index is 12.2. The lowest BCUT2D eigenvalue weighted by Crippen LogP contribution is -2.24. The minimum atomic E-state index is -2.92. The average Bonchev–Trinajstić information content (AvgIpc) is 2.70. The third-order valence-electron chi connectivity index (χ3n) is 3.62. The van der Waals surface area contributed by atoms with E-state index in [1.54, 1.807) is 24.3 Å². The van der Waals surface area contributed by atoms with Crippen molar-refractivity contribution >= 4 is 17.8 Å². The maximum absolute atomic E-state index is 12.2. The van der Waals surface area contributed by atoms with Crippen molar-refractivity contribution < 1.29 is 32.6 Å². The monoisotopic (exact) mass is 391 g/mol. The summed E-state index contributed by atoms with van der Waals surface area (Å²) in [4.78, 5) is 23.5. The fourth-order valence-electron chi connectivity index (χ4n) is 2.19. The van der Waals surface area contributed by atoms with E-state index in [4.69, 9.17) is 9.47 Å². The third-order valence-corrected chi connectivity index (χ3v) is 3.62. The number of benzene rings is 2. The third kappa shape index (κ3) is 6.08. The molecule has 2 aromatic rings. The Morgan fingerprint density at radius 1 is 1.11 bits per heavy atom. The van der Waals surface area contributed by atoms with Crippen LogP contribution in [0.2, 0.25) is 0 Å². The van der Waals surface area contributed by atoms with Crippen molar-refractivity contribution in [3.63, 3.8) is 0 Å². The van der Waals surface area contributed by atoms with Crippen LogP contribution < -0.4 is 19.5 Å². The number of hydrogen-bond donors (Lipinski definition) is 1. The van der Waals surface area contributed by atoms with E-state index >= 15 is 0 Å². The first-order chi connectivity index (χ1) is 13.4. The van der Waals surface area contributed by atoms with Crippen molar-refractivity contribution in [2.24, 2.45) is 0 Å². The van der Waals surface area contributed by atoms with E-state index in [1.165, 1.54) is 44.5 Å². The molecular formula is C20H19F2NO5. The number of ether oxygens (including phenoxy) is 3. The summed E-state index contributed by atoms with van der Waals surface area (Å²) in [6.07, 6.45) is 2.93. The molecule has 0 bridgehead atoms. The zero-order chi connectivity index (χ0) is 20.5. The normalized spacial score (nSPS) is 10.8. The number of carbonyl (C=O) groups excluding carboxylic acids is 2. The Morgan fingerprint density at radius 2 is 1.82 bits per heavy atom. The van der Waals surface area contributed by atoms with Gasteiger partial charge in [0.1, 0.15) is 5.75 Å². The van der Waals surface area contributed by atoms with Crippen LogP contribution in [0.3, 0.4) is 0 Å². The lowest BCUT2D eigenvalue weighted by Gasteiger charge is -2.10. The molecule has 0 heterocycles. The summed E-state index contributed by atoms with van der Waals surface area (Å²) >= 11 is 0. The Labute approximate surface area is 160 Å². The van der Waals surface area contributed by atoms with Gasteiger partial charge in [-0.1, -0.05) is 12.1 Å². The van der Waals surface area contributed by atoms with Crippen LogP contribution in [-0.4, -0.2) is 39.1 Å². The van der Waals surface area contributed by atoms with E-state index in [2.05, 4.69) is 10.1 Å². The molecule has 148 valence electrons. The number of carbonyl (C=O) groups is 2. The van der Waals surface area contributed by atoms with Gasteiger partial charge in [0.25, 0.3) is 5.91 Å². The highest BCUT2D eigenvalue weighted by molar-refractivity contribution is 6.06. The predicted octanol–water partition coefficient (Wildman–Crippen LogP) is 3.32. The lowest BCUT2D eigenvalue weighted by atomic mass is 10.1. The van der Waals surface area contributed by atoms with E-state index in [0.717, 1.165) is 0 Å². The van der Waals surface area contributed by atoms with E-state index in [0.29, 0.717) is 22.6 Å². The summed E-state index contributed by atoms with van der Waals surface area (Å²) in [5.74, 6) is 0.202. The molecule has 1 N–H and O–H groups in total. The minimum Gasteiger partial charge on any atom is -0.493 e. The van der Waals surface area contributed by atoms with E-state index in [-0.39, 0.29) is 24.0 Å². The second kappa shape index (κ2) is 10.1. The fourth-order valence-corrected chi connectivity index (χ4v) is 2.19. The topological polar surface area (TPSA) is 73.9 Å². The van der Waals surface area contributed by atoms with Crippen LogP contribution in [0.25, 0.3) is 6.08 Å². The first-order valence-corrected chi connectivity index (χ1v) is 8.21. The number of rotatable bonds is 9. The largest absolute Gasteiger partial charge is 0.493 e. The molecule has 0 atom stereocenters. The van der Waals surface area contributed by atoms with E-state index in [9.17, 15) is 18.4 Å². The van der Waals surface area contributed by atoms with Crippen molar-refractivity contribution in [3.05, 3.63) is 59.7 Å². The molecule has 0 aromatic heterocycles. The highest BCUT2D eigenvalue weighted by atomic mass is 19.3. The summed E-state index contributed by atoms with van der Waals surface area (Å²) in [6.45, 7) is -3.06. The van der Waals surface area contributed by atoms with Crippen molar-refractivity contribution in [3.8, 4) is 17.2 Å². The van der Waals surface area contributed by atoms with Crippen molar-refractivity contribution in [2.75, 3.05) is 20.8 Å². The molecular weight excluding hydrogens is 372 g/mol. The first-order valence-electron chi connectivity index (χ1n) is 8.21. The molecule has 0 saturated carbocycles. The van der Waals surface area contributed by atoms with Gasteiger partial charge < -0.3 is 19.5 Å². The second-order valence-electron chi connectivity index (χ2n) is 5.47. The second-order valence-corrected chi connectivity index (χ2v) is 5.47. The van der Waals surface area contributed by atoms with Crippen molar-refractivity contribution in [2.45, 2.75) is 6.61 Å². The van der Waals surface area contributed by atoms with Gasteiger partial charge in [-0.3, -0.25) is 9.59 Å². The molecule has 0 fully saturated rings. The summed E-state index contributed by atoms with van der Waals surface area (Å²) in [7, 11) is 2.97. The SMILES string of the molecule is CNC(=O)COc1ccc(C=CC(=O)c2ccc(OC(F)F)cc2)cc1OC. The number of amides is 1. The predicted molar refractivity (Wildman–Crippen MR) is 99.0 cm³/mol. The summed E-state index contributed by atoms with van der Waals surface area (Å²) in [5, 5.41) is 2.45. The van der Waals surface area contributed by atoms with Gasteiger partial charge in [0.2, 0.25) is 0 Å². The van der Waals surface area contributed by atoms with Gasteiger partial charge in [-0.2, -0.15) is 8.78 Å². The van der Waals surface area contributed by atoms with Crippen LogP contribution in [0.15, 0.2) is 48.5 Å². The van der Waals surface area contributed by atoms with E-state index < -0.39 is 6.61 Å². The molecule has 0 aliphatic carbocycles. The number of nitrogens with one attached hydrogen (secondary N) is 1. The van der Waals surface area contributed by atoms with Crippen LogP contribution in [-0.2, 0) is 4.79 Å². The number of ketones is 1. The van der Waals surface area contributed by atoms with Gasteiger partial charge in [-0.25, -0.2) is 0 Å². The molecule has 8 heteroatoms. The Kier molecular flexibility index (Phi) is 7.50. The van der Waals surface area contributed by atoms with Gasteiger partial charge in [-0.15, -0.1) is 0 Å². The van der Waals surface area contributed by atoms with Gasteiger partial charge in [0.05, 0.1) is 7.11 Å². The molecule has 0 unspecified atom stereocenters. The van der Waals surface area contributed by atoms with Crippen LogP contribution in [0.4, 0.5) is 8.78 Å². The van der Waals surface area contributed by atoms with Crippen LogP contribution >= 0.6 is 0 Å². The minimum absolute atomic E-state index is 0.0207. The van der Waals surface area contributed by atoms with Crippen LogP contribution in [0.1, 0.15) is 15.9 Å². The van der Waals surface area contributed by atoms with Gasteiger partial charge in [-0.05, 0) is 48.0 Å². The molecule has 2 aromatic carbocycles. The molecule has 0 radical (unpaired) electrons. The molecule has 6 nitrogen and oxygen atoms in total. The van der Waals surface area contributed by atoms with Gasteiger partial charge in [0, 0.05) is 12.6 Å². The van der Waals surface area contributed by atoms with Gasteiger partial charge in [0.15, 0.2) is 23.9 Å². The van der Waals surface area contributed by atoms with Crippen LogP contribution in [0, 0.1) is 0 Å². The van der Waals surface area contributed by atoms with Crippen molar-refractivity contribution in [1.29, 1.82) is 0 Å². The summed E-state index contributed by atoms with van der Waals surface area (Å²) in [5.41, 5.74) is 1.01. The molecule has 2 rings (SSSR count). The maximum Gasteiger partial charge on any atom is 0.387 e. The number of likely N-dealkylation sites (N-methyl/N-ethyl adjacent to an activating group) is 1. The highest BCUT2D eigenvalue weighted by Crippen LogP contribution is 2.28. The summed E-state index contributed by atoms with van der Waals surface area (Å²) < 4.78 is 39.1. The molecule has 28 heavy (non-hydrogen) atoms. The zero-order valence-electron chi connectivity index (χ0n) is 15.3. The highest BCUT2D eigenvalue weighted by Gasteiger charge is 2.08. The smallest absolute Gasteiger partial charge is 0.387 e. The molecule has 0 aliphatic heterocycles. The number of hydrogen-bond acceptors (Lipinski definition) is 5. The van der Waals surface area contributed by atoms with E-state index in [1.807, 2.05) is 0 Å². The standard InChI is InChI=1S/C20H19F2NO5/c1-23-19(25)12-27-17-10-4-13(11-18(17)26-2)3-9-16(24)14-5-7-15(8-6-14)28-20(21)22/h3-11,20H,12H2,1-2H3,(H,23,25). The lowest BCUT2D eigenvalue weighted by molar-refractivity contribution is -0.122. The molecule has 0 aliphatic rings. The van der Waals surface area contributed by atoms with Crippen LogP contribution in [0.5, 0.6) is 17.2 Å². The zero-order valence-corrected chi connectivity index (χ0v) is 15.3. The number of halogens is 2. The van der Waals surface area contributed by atoms with Crippen molar-refractivity contribution in [1.82, 2.24) is 5.32 Å².